The summed E-state index contributed by atoms with van der Waals surface area (Å²) in [4.78, 5) is 13.9. The van der Waals surface area contributed by atoms with Crippen LogP contribution < -0.4 is 5.73 Å². The molecular formula is C12H24N2OS. The molecule has 0 spiro atoms. The average molecular weight is 244 g/mol. The molecule has 1 rings (SSSR count). The molecule has 1 aliphatic heterocycles. The molecule has 2 atom stereocenters. The van der Waals surface area contributed by atoms with Gasteiger partial charge in [-0.15, -0.1) is 0 Å². The van der Waals surface area contributed by atoms with Crippen LogP contribution in [-0.4, -0.2) is 41.4 Å². The highest BCUT2D eigenvalue weighted by molar-refractivity contribution is 7.99. The van der Waals surface area contributed by atoms with Crippen LogP contribution in [0.5, 0.6) is 0 Å². The zero-order valence-electron chi connectivity index (χ0n) is 10.4. The number of likely N-dealkylation sites (tertiary alicyclic amines) is 1. The number of carbonyl (C=O) groups excluding carboxylic acids is 1. The molecule has 0 aromatic heterocycles. The van der Waals surface area contributed by atoms with E-state index >= 15 is 0 Å². The summed E-state index contributed by atoms with van der Waals surface area (Å²) in [7, 11) is 0. The molecule has 3 nitrogen and oxygen atoms in total. The molecule has 4 heteroatoms. The normalized spacial score (nSPS) is 23.2. The van der Waals surface area contributed by atoms with Crippen molar-refractivity contribution in [1.29, 1.82) is 0 Å². The Kier molecular flexibility index (Phi) is 6.21. The minimum absolute atomic E-state index is 0.248. The number of carbonyl (C=O) groups is 1. The number of piperidine rings is 1. The summed E-state index contributed by atoms with van der Waals surface area (Å²) in [6.07, 6.45) is 3.42. The quantitative estimate of drug-likeness (QED) is 0.749. The SMILES string of the molecule is CC(N)CCSCC(=O)N1CCCC(C)C1. The van der Waals surface area contributed by atoms with Crippen LogP contribution in [0.2, 0.25) is 0 Å². The molecule has 0 aliphatic carbocycles. The number of amides is 1. The fourth-order valence-corrected chi connectivity index (χ4v) is 2.98. The summed E-state index contributed by atoms with van der Waals surface area (Å²) in [6, 6.07) is 0.248. The molecule has 16 heavy (non-hydrogen) atoms. The topological polar surface area (TPSA) is 46.3 Å². The molecule has 1 aliphatic rings. The number of nitrogens with zero attached hydrogens (tertiary/aromatic N) is 1. The van der Waals surface area contributed by atoms with Crippen molar-refractivity contribution in [3.63, 3.8) is 0 Å². The smallest absolute Gasteiger partial charge is 0.232 e. The predicted octanol–water partition coefficient (Wildman–Crippen LogP) is 1.72. The van der Waals surface area contributed by atoms with Crippen molar-refractivity contribution in [3.8, 4) is 0 Å². The van der Waals surface area contributed by atoms with Crippen molar-refractivity contribution in [3.05, 3.63) is 0 Å². The Hall–Kier alpha value is -0.220. The van der Waals surface area contributed by atoms with Crippen LogP contribution in [0.3, 0.4) is 0 Å². The van der Waals surface area contributed by atoms with Crippen molar-refractivity contribution in [2.75, 3.05) is 24.6 Å². The summed E-state index contributed by atoms with van der Waals surface area (Å²) in [5, 5.41) is 0. The summed E-state index contributed by atoms with van der Waals surface area (Å²) in [6.45, 7) is 6.14. The average Bonchev–Trinajstić information content (AvgIpc) is 2.24. The van der Waals surface area contributed by atoms with Crippen molar-refractivity contribution in [1.82, 2.24) is 4.90 Å². The van der Waals surface area contributed by atoms with Crippen LogP contribution in [0, 0.1) is 5.92 Å². The van der Waals surface area contributed by atoms with Gasteiger partial charge in [-0.25, -0.2) is 0 Å². The molecule has 2 unspecified atom stereocenters. The first-order chi connectivity index (χ1) is 7.59. The zero-order valence-corrected chi connectivity index (χ0v) is 11.3. The molecule has 0 aromatic carbocycles. The number of thioether (sulfide) groups is 1. The first-order valence-corrected chi connectivity index (χ1v) is 7.36. The standard InChI is InChI=1S/C12H24N2OS/c1-10-4-3-6-14(8-10)12(15)9-16-7-5-11(2)13/h10-11H,3-9,13H2,1-2H3. The highest BCUT2D eigenvalue weighted by atomic mass is 32.2. The number of hydrogen-bond donors (Lipinski definition) is 1. The van der Waals surface area contributed by atoms with E-state index in [1.165, 1.54) is 6.42 Å². The Morgan fingerprint density at radius 1 is 1.62 bits per heavy atom. The fourth-order valence-electron chi connectivity index (χ4n) is 1.94. The minimum atomic E-state index is 0.248. The lowest BCUT2D eigenvalue weighted by Gasteiger charge is -2.30. The Labute approximate surface area is 103 Å². The lowest BCUT2D eigenvalue weighted by molar-refractivity contribution is -0.130. The van der Waals surface area contributed by atoms with Crippen LogP contribution in [0.15, 0.2) is 0 Å². The van der Waals surface area contributed by atoms with E-state index < -0.39 is 0 Å². The summed E-state index contributed by atoms with van der Waals surface area (Å²) >= 11 is 1.71. The van der Waals surface area contributed by atoms with Gasteiger partial charge >= 0.3 is 0 Å². The molecule has 0 radical (unpaired) electrons. The van der Waals surface area contributed by atoms with Gasteiger partial charge in [0.25, 0.3) is 0 Å². The third-order valence-corrected chi connectivity index (χ3v) is 3.93. The Balaban J connectivity index is 2.14. The molecule has 1 fully saturated rings. The molecule has 0 aromatic rings. The third-order valence-electron chi connectivity index (χ3n) is 2.95. The monoisotopic (exact) mass is 244 g/mol. The molecule has 0 bridgehead atoms. The maximum absolute atomic E-state index is 11.9. The van der Waals surface area contributed by atoms with E-state index in [-0.39, 0.29) is 6.04 Å². The maximum Gasteiger partial charge on any atom is 0.232 e. The Morgan fingerprint density at radius 3 is 3.00 bits per heavy atom. The van der Waals surface area contributed by atoms with Gasteiger partial charge in [0.2, 0.25) is 5.91 Å². The number of nitrogens with two attached hydrogens (primary N) is 1. The van der Waals surface area contributed by atoms with Gasteiger partial charge in [0.05, 0.1) is 5.75 Å². The lowest BCUT2D eigenvalue weighted by Crippen LogP contribution is -2.40. The van der Waals surface area contributed by atoms with Gasteiger partial charge in [-0.05, 0) is 37.9 Å². The minimum Gasteiger partial charge on any atom is -0.342 e. The van der Waals surface area contributed by atoms with E-state index in [2.05, 4.69) is 6.92 Å². The van der Waals surface area contributed by atoms with Gasteiger partial charge in [0.15, 0.2) is 0 Å². The van der Waals surface area contributed by atoms with Crippen LogP contribution >= 0.6 is 11.8 Å². The van der Waals surface area contributed by atoms with Crippen LogP contribution in [0.25, 0.3) is 0 Å². The highest BCUT2D eigenvalue weighted by Crippen LogP contribution is 2.16. The van der Waals surface area contributed by atoms with Crippen molar-refractivity contribution in [2.45, 2.75) is 39.2 Å². The molecule has 1 saturated heterocycles. The van der Waals surface area contributed by atoms with Crippen molar-refractivity contribution in [2.24, 2.45) is 11.7 Å². The van der Waals surface area contributed by atoms with Gasteiger partial charge in [0.1, 0.15) is 0 Å². The summed E-state index contributed by atoms with van der Waals surface area (Å²) in [5.74, 6) is 2.60. The van der Waals surface area contributed by atoms with E-state index in [1.54, 1.807) is 11.8 Å². The molecular weight excluding hydrogens is 220 g/mol. The molecule has 1 amide bonds. The Bertz CT molecular complexity index is 221. The third kappa shape index (κ3) is 5.21. The van der Waals surface area contributed by atoms with E-state index in [0.717, 1.165) is 31.7 Å². The van der Waals surface area contributed by atoms with Crippen molar-refractivity contribution >= 4 is 17.7 Å². The fraction of sp³-hybridized carbons (Fsp3) is 0.917. The number of rotatable bonds is 5. The predicted molar refractivity (Wildman–Crippen MR) is 70.6 cm³/mol. The van der Waals surface area contributed by atoms with E-state index in [1.807, 2.05) is 11.8 Å². The molecule has 0 saturated carbocycles. The van der Waals surface area contributed by atoms with Crippen LogP contribution in [-0.2, 0) is 4.79 Å². The van der Waals surface area contributed by atoms with Gasteiger partial charge in [-0.3, -0.25) is 4.79 Å². The van der Waals surface area contributed by atoms with Gasteiger partial charge in [-0.2, -0.15) is 11.8 Å². The Morgan fingerprint density at radius 2 is 2.38 bits per heavy atom. The molecule has 2 N–H and O–H groups in total. The summed E-state index contributed by atoms with van der Waals surface area (Å²) in [5.41, 5.74) is 5.66. The summed E-state index contributed by atoms with van der Waals surface area (Å²) < 4.78 is 0. The van der Waals surface area contributed by atoms with E-state index in [4.69, 9.17) is 5.73 Å². The van der Waals surface area contributed by atoms with Gasteiger partial charge < -0.3 is 10.6 Å². The lowest BCUT2D eigenvalue weighted by atomic mass is 10.0. The van der Waals surface area contributed by atoms with Crippen molar-refractivity contribution < 1.29 is 4.79 Å². The largest absolute Gasteiger partial charge is 0.342 e. The van der Waals surface area contributed by atoms with Gasteiger partial charge in [-0.1, -0.05) is 6.92 Å². The first-order valence-electron chi connectivity index (χ1n) is 6.20. The maximum atomic E-state index is 11.9. The zero-order chi connectivity index (χ0) is 12.0. The first kappa shape index (κ1) is 13.8. The van der Waals surface area contributed by atoms with Crippen LogP contribution in [0.4, 0.5) is 0 Å². The van der Waals surface area contributed by atoms with Crippen LogP contribution in [0.1, 0.15) is 33.1 Å². The second-order valence-electron chi connectivity index (χ2n) is 4.91. The molecule has 1 heterocycles. The second kappa shape index (κ2) is 7.17. The van der Waals surface area contributed by atoms with E-state index in [9.17, 15) is 4.79 Å². The second-order valence-corrected chi connectivity index (χ2v) is 6.01. The number of hydrogen-bond acceptors (Lipinski definition) is 3. The molecule has 94 valence electrons. The van der Waals surface area contributed by atoms with Gasteiger partial charge in [0, 0.05) is 19.1 Å². The highest BCUT2D eigenvalue weighted by Gasteiger charge is 2.20. The van der Waals surface area contributed by atoms with E-state index in [0.29, 0.717) is 17.6 Å².